The highest BCUT2D eigenvalue weighted by atomic mass is 15.0. The average molecular weight is 198 g/mol. The Bertz CT molecular complexity index is 406. The molecule has 15 heavy (non-hydrogen) atoms. The summed E-state index contributed by atoms with van der Waals surface area (Å²) in [5, 5.41) is 0. The molecule has 5 saturated carbocycles. The second-order valence-electron chi connectivity index (χ2n) is 7.49. The summed E-state index contributed by atoms with van der Waals surface area (Å²) in [6.07, 6.45) is 11.5. The van der Waals surface area contributed by atoms with Gasteiger partial charge in [0.1, 0.15) is 0 Å². The first-order valence-corrected chi connectivity index (χ1v) is 7.08. The van der Waals surface area contributed by atoms with Gasteiger partial charge in [-0.1, -0.05) is 12.2 Å². The van der Waals surface area contributed by atoms with Gasteiger partial charge in [0.05, 0.1) is 0 Å². The number of rotatable bonds is 1. The fraction of sp³-hybridized carbons (Fsp3) is 0.867. The van der Waals surface area contributed by atoms with Gasteiger partial charge in [-0.15, -0.1) is 0 Å². The largest absolute Gasteiger partial charge is 0.0851 e. The van der Waals surface area contributed by atoms with Crippen molar-refractivity contribution in [2.45, 2.75) is 25.7 Å². The highest BCUT2D eigenvalue weighted by Gasteiger charge is 2.94. The summed E-state index contributed by atoms with van der Waals surface area (Å²) in [6.45, 7) is 0. The van der Waals surface area contributed by atoms with E-state index in [4.69, 9.17) is 0 Å². The Balaban J connectivity index is 1.42. The molecule has 78 valence electrons. The van der Waals surface area contributed by atoms with Crippen LogP contribution in [0.3, 0.4) is 0 Å². The lowest BCUT2D eigenvalue weighted by Crippen LogP contribution is -2.31. The molecule has 9 atom stereocenters. The number of allylic oxidation sites excluding steroid dienone is 2. The van der Waals surface area contributed by atoms with Gasteiger partial charge in [-0.05, 0) is 78.4 Å². The highest BCUT2D eigenvalue weighted by Crippen LogP contribution is 2.99. The molecule has 0 aliphatic heterocycles. The molecule has 0 heterocycles. The Morgan fingerprint density at radius 3 is 2.53 bits per heavy atom. The minimum atomic E-state index is 1.00. The molecular weight excluding hydrogens is 180 g/mol. The molecule has 0 amide bonds. The van der Waals surface area contributed by atoms with E-state index in [9.17, 15) is 0 Å². The summed E-state index contributed by atoms with van der Waals surface area (Å²) < 4.78 is 0. The van der Waals surface area contributed by atoms with Crippen molar-refractivity contribution in [3.63, 3.8) is 0 Å². The summed E-state index contributed by atoms with van der Waals surface area (Å²) in [6, 6.07) is 0. The van der Waals surface area contributed by atoms with Gasteiger partial charge in [0.15, 0.2) is 0 Å². The smallest absolute Gasteiger partial charge is 0.0195 e. The topological polar surface area (TPSA) is 0 Å². The zero-order valence-corrected chi connectivity index (χ0v) is 9.10. The summed E-state index contributed by atoms with van der Waals surface area (Å²) in [5.41, 5.74) is 1.01. The van der Waals surface area contributed by atoms with E-state index in [-0.39, 0.29) is 0 Å². The van der Waals surface area contributed by atoms with Crippen molar-refractivity contribution in [2.24, 2.45) is 52.8 Å². The Morgan fingerprint density at radius 1 is 1.00 bits per heavy atom. The SMILES string of the molecule is C1=CC2CC1CC2C1C2CC3C4C1C34C2. The second kappa shape index (κ2) is 1.75. The van der Waals surface area contributed by atoms with Crippen molar-refractivity contribution in [1.82, 2.24) is 0 Å². The van der Waals surface area contributed by atoms with Gasteiger partial charge in [0, 0.05) is 0 Å². The van der Waals surface area contributed by atoms with Crippen LogP contribution in [0.4, 0.5) is 0 Å². The minimum Gasteiger partial charge on any atom is -0.0851 e. The summed E-state index contributed by atoms with van der Waals surface area (Å²) >= 11 is 0. The lowest BCUT2D eigenvalue weighted by Gasteiger charge is -2.37. The van der Waals surface area contributed by atoms with Crippen molar-refractivity contribution in [3.05, 3.63) is 12.2 Å². The van der Waals surface area contributed by atoms with E-state index >= 15 is 0 Å². The Labute approximate surface area is 91.1 Å². The van der Waals surface area contributed by atoms with E-state index < -0.39 is 0 Å². The third-order valence-corrected chi connectivity index (χ3v) is 7.49. The molecule has 0 N–H and O–H groups in total. The Morgan fingerprint density at radius 2 is 2.00 bits per heavy atom. The van der Waals surface area contributed by atoms with E-state index in [1.807, 2.05) is 0 Å². The lowest BCUT2D eigenvalue weighted by atomic mass is 9.68. The first kappa shape index (κ1) is 7.14. The van der Waals surface area contributed by atoms with E-state index in [0.717, 1.165) is 23.2 Å². The van der Waals surface area contributed by atoms with Crippen LogP contribution < -0.4 is 0 Å². The van der Waals surface area contributed by atoms with E-state index in [1.54, 1.807) is 19.3 Å². The molecule has 6 aliphatic rings. The lowest BCUT2D eigenvalue weighted by molar-refractivity contribution is 0.122. The Hall–Kier alpha value is -0.260. The van der Waals surface area contributed by atoms with Crippen molar-refractivity contribution >= 4 is 0 Å². The molecule has 0 aromatic rings. The highest BCUT2D eigenvalue weighted by molar-refractivity contribution is 5.41. The first-order chi connectivity index (χ1) is 7.39. The van der Waals surface area contributed by atoms with Crippen LogP contribution in [-0.2, 0) is 0 Å². The van der Waals surface area contributed by atoms with Crippen molar-refractivity contribution in [1.29, 1.82) is 0 Å². The number of fused-ring (bicyclic) bond motifs is 5. The summed E-state index contributed by atoms with van der Waals surface area (Å²) in [4.78, 5) is 0. The molecule has 0 aromatic carbocycles. The zero-order valence-electron chi connectivity index (χ0n) is 9.10. The Kier molecular flexibility index (Phi) is 0.831. The zero-order chi connectivity index (χ0) is 9.36. The van der Waals surface area contributed by atoms with Crippen LogP contribution in [0, 0.1) is 52.8 Å². The predicted molar refractivity (Wildman–Crippen MR) is 58.0 cm³/mol. The molecule has 0 aromatic heterocycles. The normalized spacial score (nSPS) is 78.9. The third-order valence-electron chi connectivity index (χ3n) is 7.49. The second-order valence-corrected chi connectivity index (χ2v) is 7.49. The van der Waals surface area contributed by atoms with Crippen LogP contribution in [0.15, 0.2) is 12.2 Å². The molecule has 0 nitrogen and oxygen atoms in total. The van der Waals surface area contributed by atoms with Crippen LogP contribution in [0.5, 0.6) is 0 Å². The van der Waals surface area contributed by atoms with Crippen LogP contribution >= 0.6 is 0 Å². The molecule has 0 saturated heterocycles. The molecule has 6 aliphatic carbocycles. The summed E-state index contributed by atoms with van der Waals surface area (Å²) in [7, 11) is 0. The van der Waals surface area contributed by atoms with Crippen molar-refractivity contribution in [3.8, 4) is 0 Å². The van der Waals surface area contributed by atoms with E-state index in [1.165, 1.54) is 36.0 Å². The molecule has 1 spiro atoms. The van der Waals surface area contributed by atoms with Crippen molar-refractivity contribution < 1.29 is 0 Å². The molecular formula is C15H18. The van der Waals surface area contributed by atoms with Crippen LogP contribution in [0.2, 0.25) is 0 Å². The van der Waals surface area contributed by atoms with E-state index in [0.29, 0.717) is 0 Å². The molecule has 0 radical (unpaired) electrons. The van der Waals surface area contributed by atoms with Gasteiger partial charge in [0.2, 0.25) is 0 Å². The molecule has 6 rings (SSSR count). The third kappa shape index (κ3) is 0.531. The fourth-order valence-electron chi connectivity index (χ4n) is 7.19. The predicted octanol–water partition coefficient (Wildman–Crippen LogP) is 3.10. The molecule has 9 unspecified atom stereocenters. The first-order valence-electron chi connectivity index (χ1n) is 7.08. The molecule has 4 bridgehead atoms. The van der Waals surface area contributed by atoms with Gasteiger partial charge in [-0.2, -0.15) is 0 Å². The number of hydrogen-bond acceptors (Lipinski definition) is 0. The standard InChI is InChI=1S/C15H18/c1-2-8-3-7(1)4-10(8)12-9-5-11-13-14(12)15(11,13)6-9/h1-2,7-14H,3-6H2. The maximum atomic E-state index is 2.58. The van der Waals surface area contributed by atoms with Crippen LogP contribution in [0.1, 0.15) is 25.7 Å². The van der Waals surface area contributed by atoms with Gasteiger partial charge in [-0.3, -0.25) is 0 Å². The average Bonchev–Trinajstić information content (AvgIpc) is 2.83. The van der Waals surface area contributed by atoms with Gasteiger partial charge in [0.25, 0.3) is 0 Å². The monoisotopic (exact) mass is 198 g/mol. The van der Waals surface area contributed by atoms with E-state index in [2.05, 4.69) is 12.2 Å². The van der Waals surface area contributed by atoms with Crippen molar-refractivity contribution in [2.75, 3.05) is 0 Å². The fourth-order valence-corrected chi connectivity index (χ4v) is 7.19. The summed E-state index contributed by atoms with van der Waals surface area (Å²) in [5.74, 6) is 9.37. The maximum absolute atomic E-state index is 2.58. The minimum absolute atomic E-state index is 1.00. The van der Waals surface area contributed by atoms with Gasteiger partial charge in [-0.25, -0.2) is 0 Å². The van der Waals surface area contributed by atoms with Crippen LogP contribution in [0.25, 0.3) is 0 Å². The number of hydrogen-bond donors (Lipinski definition) is 0. The quantitative estimate of drug-likeness (QED) is 0.568. The molecule has 5 fully saturated rings. The molecule has 0 heteroatoms. The van der Waals surface area contributed by atoms with Gasteiger partial charge < -0.3 is 0 Å². The maximum Gasteiger partial charge on any atom is -0.0195 e. The van der Waals surface area contributed by atoms with Gasteiger partial charge >= 0.3 is 0 Å². The van der Waals surface area contributed by atoms with Crippen LogP contribution in [-0.4, -0.2) is 0 Å².